The lowest BCUT2D eigenvalue weighted by molar-refractivity contribution is -0.0805. The third kappa shape index (κ3) is 2.22. The fourth-order valence-corrected chi connectivity index (χ4v) is 3.53. The molecule has 1 fully saturated rings. The zero-order chi connectivity index (χ0) is 12.5. The number of rotatable bonds is 2. The maximum atomic E-state index is 6.04. The van der Waals surface area contributed by atoms with Gasteiger partial charge in [-0.3, -0.25) is 9.88 Å². The second kappa shape index (κ2) is 5.27. The summed E-state index contributed by atoms with van der Waals surface area (Å²) in [6.45, 7) is 5.35. The van der Waals surface area contributed by atoms with Crippen LogP contribution in [0.1, 0.15) is 37.1 Å². The van der Waals surface area contributed by atoms with E-state index in [0.717, 1.165) is 24.0 Å². The zero-order valence-electron chi connectivity index (χ0n) is 10.7. The van der Waals surface area contributed by atoms with Crippen molar-refractivity contribution in [2.75, 3.05) is 19.7 Å². The molecule has 1 saturated heterocycles. The van der Waals surface area contributed by atoms with Crippen molar-refractivity contribution in [2.45, 2.75) is 38.3 Å². The standard InChI is InChI=1S/C14H19BrN2O/c1-2-5-17-6-7-18-14-11-8-10(15)9-16-12(11)3-4-13(14)17/h8-9,13-14H,2-7H2,1H3/t13-,14+/m0/s1. The molecule has 3 rings (SSSR count). The van der Waals surface area contributed by atoms with Crippen molar-refractivity contribution < 1.29 is 4.74 Å². The number of aromatic nitrogens is 1. The molecule has 2 heterocycles. The molecule has 0 N–H and O–H groups in total. The average Bonchev–Trinajstić information content (AvgIpc) is 2.39. The monoisotopic (exact) mass is 310 g/mol. The zero-order valence-corrected chi connectivity index (χ0v) is 12.3. The smallest absolute Gasteiger partial charge is 0.0998 e. The molecule has 0 bridgehead atoms. The van der Waals surface area contributed by atoms with Gasteiger partial charge in [0, 0.05) is 34.5 Å². The summed E-state index contributed by atoms with van der Waals surface area (Å²) in [6.07, 6.45) is 5.58. The van der Waals surface area contributed by atoms with Crippen LogP contribution >= 0.6 is 15.9 Å². The van der Waals surface area contributed by atoms with E-state index in [1.165, 1.54) is 30.6 Å². The van der Waals surface area contributed by atoms with Gasteiger partial charge in [-0.05, 0) is 47.8 Å². The number of aryl methyl sites for hydroxylation is 1. The molecule has 0 amide bonds. The molecule has 0 spiro atoms. The van der Waals surface area contributed by atoms with Gasteiger partial charge in [0.15, 0.2) is 0 Å². The molecular formula is C14H19BrN2O. The van der Waals surface area contributed by atoms with E-state index in [-0.39, 0.29) is 6.10 Å². The van der Waals surface area contributed by atoms with Crippen LogP contribution in [-0.4, -0.2) is 35.6 Å². The van der Waals surface area contributed by atoms with E-state index < -0.39 is 0 Å². The second-order valence-electron chi connectivity index (χ2n) is 5.12. The van der Waals surface area contributed by atoms with Crippen LogP contribution in [0.5, 0.6) is 0 Å². The molecule has 1 aliphatic carbocycles. The van der Waals surface area contributed by atoms with Gasteiger partial charge in [-0.1, -0.05) is 6.92 Å². The minimum atomic E-state index is 0.221. The van der Waals surface area contributed by atoms with Gasteiger partial charge in [0.2, 0.25) is 0 Å². The van der Waals surface area contributed by atoms with Gasteiger partial charge in [-0.2, -0.15) is 0 Å². The molecule has 98 valence electrons. The Bertz CT molecular complexity index is 436. The first-order valence-corrected chi connectivity index (χ1v) is 7.59. The lowest BCUT2D eigenvalue weighted by atomic mass is 9.87. The van der Waals surface area contributed by atoms with Crippen molar-refractivity contribution in [1.82, 2.24) is 9.88 Å². The lowest BCUT2D eigenvalue weighted by Gasteiger charge is -2.44. The molecule has 0 saturated carbocycles. The van der Waals surface area contributed by atoms with E-state index in [2.05, 4.69) is 38.8 Å². The van der Waals surface area contributed by atoms with Crippen molar-refractivity contribution in [1.29, 1.82) is 0 Å². The third-order valence-electron chi connectivity index (χ3n) is 3.96. The average molecular weight is 311 g/mol. The highest BCUT2D eigenvalue weighted by molar-refractivity contribution is 9.10. The first-order valence-electron chi connectivity index (χ1n) is 6.79. The summed E-state index contributed by atoms with van der Waals surface area (Å²) >= 11 is 3.52. The van der Waals surface area contributed by atoms with Crippen molar-refractivity contribution in [3.05, 3.63) is 28.0 Å². The van der Waals surface area contributed by atoms with Gasteiger partial charge < -0.3 is 4.74 Å². The molecule has 0 unspecified atom stereocenters. The van der Waals surface area contributed by atoms with Crippen LogP contribution in [0.3, 0.4) is 0 Å². The van der Waals surface area contributed by atoms with Crippen LogP contribution in [0.2, 0.25) is 0 Å². The normalized spacial score (nSPS) is 27.7. The fourth-order valence-electron chi connectivity index (χ4n) is 3.18. The molecule has 0 aromatic carbocycles. The summed E-state index contributed by atoms with van der Waals surface area (Å²) < 4.78 is 7.09. The van der Waals surface area contributed by atoms with Gasteiger partial charge in [0.05, 0.1) is 12.7 Å². The van der Waals surface area contributed by atoms with E-state index in [9.17, 15) is 0 Å². The molecule has 1 aromatic heterocycles. The Morgan fingerprint density at radius 3 is 3.28 bits per heavy atom. The lowest BCUT2D eigenvalue weighted by Crippen LogP contribution is -2.49. The van der Waals surface area contributed by atoms with E-state index in [0.29, 0.717) is 6.04 Å². The highest BCUT2D eigenvalue weighted by atomic mass is 79.9. The fraction of sp³-hybridized carbons (Fsp3) is 0.643. The molecule has 0 radical (unpaired) electrons. The van der Waals surface area contributed by atoms with Crippen LogP contribution < -0.4 is 0 Å². The summed E-state index contributed by atoms with van der Waals surface area (Å²) in [5.74, 6) is 0. The Hall–Kier alpha value is -0.450. The van der Waals surface area contributed by atoms with Gasteiger partial charge in [-0.15, -0.1) is 0 Å². The molecule has 2 aliphatic rings. The minimum absolute atomic E-state index is 0.221. The molecule has 1 aromatic rings. The number of fused-ring (bicyclic) bond motifs is 3. The predicted molar refractivity (Wildman–Crippen MR) is 74.6 cm³/mol. The number of pyridine rings is 1. The number of nitrogens with zero attached hydrogens (tertiary/aromatic N) is 2. The highest BCUT2D eigenvalue weighted by Crippen LogP contribution is 2.37. The molecule has 18 heavy (non-hydrogen) atoms. The maximum absolute atomic E-state index is 6.04. The Kier molecular flexibility index (Phi) is 3.68. The number of hydrogen-bond acceptors (Lipinski definition) is 3. The van der Waals surface area contributed by atoms with Crippen LogP contribution in [0.15, 0.2) is 16.7 Å². The van der Waals surface area contributed by atoms with Crippen molar-refractivity contribution >= 4 is 15.9 Å². The maximum Gasteiger partial charge on any atom is 0.0998 e. The molecular weight excluding hydrogens is 292 g/mol. The van der Waals surface area contributed by atoms with Crippen LogP contribution in [-0.2, 0) is 11.2 Å². The predicted octanol–water partition coefficient (Wildman–Crippen LogP) is 2.94. The van der Waals surface area contributed by atoms with E-state index >= 15 is 0 Å². The summed E-state index contributed by atoms with van der Waals surface area (Å²) in [4.78, 5) is 7.13. The Morgan fingerprint density at radius 1 is 1.56 bits per heavy atom. The molecule has 2 atom stereocenters. The van der Waals surface area contributed by atoms with E-state index in [1.807, 2.05) is 6.20 Å². The molecule has 1 aliphatic heterocycles. The first-order chi connectivity index (χ1) is 8.79. The Morgan fingerprint density at radius 2 is 2.44 bits per heavy atom. The first kappa shape index (κ1) is 12.6. The third-order valence-corrected chi connectivity index (χ3v) is 4.39. The number of halogens is 1. The number of ether oxygens (including phenoxy) is 1. The largest absolute Gasteiger partial charge is 0.370 e. The SMILES string of the molecule is CCCN1CCO[C@@H]2c3cc(Br)cnc3CC[C@@H]21. The van der Waals surface area contributed by atoms with Gasteiger partial charge in [0.25, 0.3) is 0 Å². The van der Waals surface area contributed by atoms with Crippen LogP contribution in [0.4, 0.5) is 0 Å². The second-order valence-corrected chi connectivity index (χ2v) is 6.04. The summed E-state index contributed by atoms with van der Waals surface area (Å²) in [5.41, 5.74) is 2.51. The van der Waals surface area contributed by atoms with Crippen LogP contribution in [0.25, 0.3) is 0 Å². The Balaban J connectivity index is 1.91. The van der Waals surface area contributed by atoms with Gasteiger partial charge in [0.1, 0.15) is 0 Å². The highest BCUT2D eigenvalue weighted by Gasteiger charge is 2.37. The summed E-state index contributed by atoms with van der Waals surface area (Å²) in [6, 6.07) is 2.73. The Labute approximate surface area is 117 Å². The number of hydrogen-bond donors (Lipinski definition) is 0. The van der Waals surface area contributed by atoms with E-state index in [4.69, 9.17) is 4.74 Å². The van der Waals surface area contributed by atoms with Crippen LogP contribution in [0, 0.1) is 0 Å². The van der Waals surface area contributed by atoms with Crippen molar-refractivity contribution in [3.63, 3.8) is 0 Å². The quantitative estimate of drug-likeness (QED) is 0.840. The molecule has 3 nitrogen and oxygen atoms in total. The van der Waals surface area contributed by atoms with Gasteiger partial charge in [-0.25, -0.2) is 0 Å². The van der Waals surface area contributed by atoms with Gasteiger partial charge >= 0.3 is 0 Å². The topological polar surface area (TPSA) is 25.4 Å². The van der Waals surface area contributed by atoms with E-state index in [1.54, 1.807) is 0 Å². The summed E-state index contributed by atoms with van der Waals surface area (Å²) in [7, 11) is 0. The minimum Gasteiger partial charge on any atom is -0.370 e. The number of morpholine rings is 1. The molecule has 4 heteroatoms. The van der Waals surface area contributed by atoms with Crippen molar-refractivity contribution in [2.24, 2.45) is 0 Å². The van der Waals surface area contributed by atoms with Crippen molar-refractivity contribution in [3.8, 4) is 0 Å². The summed E-state index contributed by atoms with van der Waals surface area (Å²) in [5, 5.41) is 0.